The van der Waals surface area contributed by atoms with Gasteiger partial charge in [0.2, 0.25) is 5.91 Å². The van der Waals surface area contributed by atoms with Crippen molar-refractivity contribution in [3.63, 3.8) is 0 Å². The fourth-order valence-electron chi connectivity index (χ4n) is 2.70. The minimum atomic E-state index is -0.846. The van der Waals surface area contributed by atoms with E-state index in [1.807, 2.05) is 11.8 Å². The van der Waals surface area contributed by atoms with Gasteiger partial charge in [-0.2, -0.15) is 0 Å². The Kier molecular flexibility index (Phi) is 6.25. The maximum atomic E-state index is 11.9. The molecule has 8 heteroatoms. The molecule has 1 aliphatic carbocycles. The molecule has 0 radical (unpaired) electrons. The van der Waals surface area contributed by atoms with Crippen molar-refractivity contribution >= 4 is 17.8 Å². The second-order valence-corrected chi connectivity index (χ2v) is 5.74. The summed E-state index contributed by atoms with van der Waals surface area (Å²) in [6.45, 7) is 2.49. The van der Waals surface area contributed by atoms with Crippen LogP contribution in [0.4, 0.5) is 0 Å². The molecule has 1 saturated carbocycles. The summed E-state index contributed by atoms with van der Waals surface area (Å²) in [7, 11) is 0. The monoisotopic (exact) mass is 334 g/mol. The number of carbonyl (C=O) groups excluding carboxylic acids is 2. The van der Waals surface area contributed by atoms with Crippen LogP contribution < -0.4 is 10.6 Å². The molecular formula is C16H22N4O4. The van der Waals surface area contributed by atoms with Crippen LogP contribution in [-0.4, -0.2) is 64.5 Å². The first-order chi connectivity index (χ1) is 11.5. The lowest BCUT2D eigenvalue weighted by molar-refractivity contribution is -0.139. The number of nitrogens with zero attached hydrogens (tertiary/aromatic N) is 2. The molecule has 0 aliphatic heterocycles. The maximum Gasteiger partial charge on any atom is 0.317 e. The summed E-state index contributed by atoms with van der Waals surface area (Å²) in [5.41, 5.74) is 0.265. The van der Waals surface area contributed by atoms with Gasteiger partial charge in [-0.05, 0) is 31.5 Å². The Hall–Kier alpha value is -2.48. The van der Waals surface area contributed by atoms with Crippen LogP contribution >= 0.6 is 0 Å². The third-order valence-corrected chi connectivity index (χ3v) is 4.05. The van der Waals surface area contributed by atoms with E-state index >= 15 is 0 Å². The molecule has 0 saturated heterocycles. The molecule has 8 nitrogen and oxygen atoms in total. The molecule has 130 valence electrons. The zero-order valence-corrected chi connectivity index (χ0v) is 13.6. The lowest BCUT2D eigenvalue weighted by Crippen LogP contribution is -2.55. The summed E-state index contributed by atoms with van der Waals surface area (Å²) in [6.07, 6.45) is 2.96. The van der Waals surface area contributed by atoms with Crippen LogP contribution in [0.2, 0.25) is 0 Å². The Bertz CT molecular complexity index is 587. The molecule has 0 spiro atoms. The predicted octanol–water partition coefficient (Wildman–Crippen LogP) is -0.135. The number of pyridine rings is 1. The zero-order chi connectivity index (χ0) is 17.5. The van der Waals surface area contributed by atoms with E-state index in [-0.39, 0.29) is 36.8 Å². The van der Waals surface area contributed by atoms with E-state index in [9.17, 15) is 14.4 Å². The molecule has 24 heavy (non-hydrogen) atoms. The first-order valence-corrected chi connectivity index (χ1v) is 7.94. The van der Waals surface area contributed by atoms with E-state index in [2.05, 4.69) is 15.6 Å². The van der Waals surface area contributed by atoms with E-state index in [0.29, 0.717) is 6.54 Å². The topological polar surface area (TPSA) is 112 Å². The van der Waals surface area contributed by atoms with Crippen LogP contribution in [0.15, 0.2) is 24.4 Å². The van der Waals surface area contributed by atoms with Gasteiger partial charge in [-0.15, -0.1) is 0 Å². The van der Waals surface area contributed by atoms with Crippen molar-refractivity contribution in [3.05, 3.63) is 30.1 Å². The van der Waals surface area contributed by atoms with Crippen molar-refractivity contribution in [2.75, 3.05) is 19.6 Å². The van der Waals surface area contributed by atoms with Gasteiger partial charge in [0, 0.05) is 18.3 Å². The fraction of sp³-hybridized carbons (Fsp3) is 0.500. The van der Waals surface area contributed by atoms with Crippen molar-refractivity contribution in [1.82, 2.24) is 20.5 Å². The number of likely N-dealkylation sites (N-methyl/N-ethyl adjacent to an activating group) is 1. The molecule has 0 atom stereocenters. The second kappa shape index (κ2) is 8.39. The summed E-state index contributed by atoms with van der Waals surface area (Å²) in [5.74, 6) is -1.50. The van der Waals surface area contributed by atoms with Crippen LogP contribution in [-0.2, 0) is 9.59 Å². The van der Waals surface area contributed by atoms with E-state index in [1.54, 1.807) is 18.2 Å². The number of hydrogen-bond donors (Lipinski definition) is 3. The average molecular weight is 334 g/mol. The van der Waals surface area contributed by atoms with E-state index in [1.165, 1.54) is 6.20 Å². The number of aliphatic carboxylic acids is 1. The van der Waals surface area contributed by atoms with E-state index in [0.717, 1.165) is 12.8 Å². The zero-order valence-electron chi connectivity index (χ0n) is 13.6. The molecule has 0 unspecified atom stereocenters. The van der Waals surface area contributed by atoms with Gasteiger partial charge in [0.15, 0.2) is 0 Å². The van der Waals surface area contributed by atoms with Gasteiger partial charge in [0.1, 0.15) is 5.69 Å². The summed E-state index contributed by atoms with van der Waals surface area (Å²) in [5, 5.41) is 14.2. The van der Waals surface area contributed by atoms with Gasteiger partial charge < -0.3 is 15.7 Å². The molecule has 1 aliphatic rings. The van der Waals surface area contributed by atoms with Gasteiger partial charge in [0.05, 0.1) is 13.1 Å². The number of aromatic nitrogens is 1. The standard InChI is InChI=1S/C16H22N4O4/c1-2-20(10-15(22)23)12-7-11(8-12)19-14(21)9-18-16(24)13-5-3-4-6-17-13/h3-6,11-12H,2,7-10H2,1H3,(H,18,24)(H,19,21)(H,22,23). The third kappa shape index (κ3) is 5.02. The number of carboxylic acid groups (broad SMARTS) is 1. The van der Waals surface area contributed by atoms with Crippen molar-refractivity contribution in [3.8, 4) is 0 Å². The van der Waals surface area contributed by atoms with Gasteiger partial charge >= 0.3 is 5.97 Å². The van der Waals surface area contributed by atoms with Crippen LogP contribution in [0.25, 0.3) is 0 Å². The Morgan fingerprint density at radius 1 is 1.33 bits per heavy atom. The number of amides is 2. The van der Waals surface area contributed by atoms with E-state index in [4.69, 9.17) is 5.11 Å². The summed E-state index contributed by atoms with van der Waals surface area (Å²) in [6, 6.07) is 5.19. The fourth-order valence-corrected chi connectivity index (χ4v) is 2.70. The number of hydrogen-bond acceptors (Lipinski definition) is 5. The Labute approximate surface area is 140 Å². The van der Waals surface area contributed by atoms with Gasteiger partial charge in [-0.25, -0.2) is 0 Å². The van der Waals surface area contributed by atoms with Crippen LogP contribution in [0, 0.1) is 0 Å². The van der Waals surface area contributed by atoms with Crippen LogP contribution in [0.5, 0.6) is 0 Å². The van der Waals surface area contributed by atoms with Crippen molar-refractivity contribution < 1.29 is 19.5 Å². The molecule has 2 rings (SSSR count). The smallest absolute Gasteiger partial charge is 0.317 e. The van der Waals surface area contributed by atoms with E-state index < -0.39 is 11.9 Å². The van der Waals surface area contributed by atoms with Crippen LogP contribution in [0.1, 0.15) is 30.3 Å². The summed E-state index contributed by atoms with van der Waals surface area (Å²) in [4.78, 5) is 40.2. The molecule has 0 aromatic carbocycles. The lowest BCUT2D eigenvalue weighted by atomic mass is 9.85. The Balaban J connectivity index is 1.67. The molecule has 3 N–H and O–H groups in total. The van der Waals surface area contributed by atoms with Gasteiger partial charge in [-0.3, -0.25) is 24.3 Å². The Morgan fingerprint density at radius 3 is 2.67 bits per heavy atom. The molecular weight excluding hydrogens is 312 g/mol. The number of rotatable bonds is 8. The van der Waals surface area contributed by atoms with Crippen LogP contribution in [0.3, 0.4) is 0 Å². The van der Waals surface area contributed by atoms with Crippen molar-refractivity contribution in [2.24, 2.45) is 0 Å². The first-order valence-electron chi connectivity index (χ1n) is 7.94. The third-order valence-electron chi connectivity index (χ3n) is 4.05. The highest BCUT2D eigenvalue weighted by Gasteiger charge is 2.34. The number of nitrogens with one attached hydrogen (secondary N) is 2. The molecule has 1 fully saturated rings. The highest BCUT2D eigenvalue weighted by molar-refractivity contribution is 5.94. The molecule has 1 heterocycles. The molecule has 2 amide bonds. The minimum absolute atomic E-state index is 0.0158. The molecule has 0 bridgehead atoms. The number of carboxylic acids is 1. The minimum Gasteiger partial charge on any atom is -0.480 e. The maximum absolute atomic E-state index is 11.9. The van der Waals surface area contributed by atoms with Gasteiger partial charge in [-0.1, -0.05) is 13.0 Å². The SMILES string of the molecule is CCN(CC(=O)O)C1CC(NC(=O)CNC(=O)c2ccccn2)C1. The van der Waals surface area contributed by atoms with Crippen molar-refractivity contribution in [2.45, 2.75) is 31.8 Å². The normalized spacial score (nSPS) is 19.4. The average Bonchev–Trinajstić information content (AvgIpc) is 2.54. The lowest BCUT2D eigenvalue weighted by Gasteiger charge is -2.42. The molecule has 1 aromatic rings. The molecule has 1 aromatic heterocycles. The predicted molar refractivity (Wildman–Crippen MR) is 86.4 cm³/mol. The summed E-state index contributed by atoms with van der Waals surface area (Å²) >= 11 is 0. The second-order valence-electron chi connectivity index (χ2n) is 5.74. The quantitative estimate of drug-likeness (QED) is 0.610. The first kappa shape index (κ1) is 17.9. The highest BCUT2D eigenvalue weighted by atomic mass is 16.4. The van der Waals surface area contributed by atoms with Crippen molar-refractivity contribution in [1.29, 1.82) is 0 Å². The summed E-state index contributed by atoms with van der Waals surface area (Å²) < 4.78 is 0. The number of carbonyl (C=O) groups is 3. The highest BCUT2D eigenvalue weighted by Crippen LogP contribution is 2.25. The van der Waals surface area contributed by atoms with Gasteiger partial charge in [0.25, 0.3) is 5.91 Å². The Morgan fingerprint density at radius 2 is 2.08 bits per heavy atom. The largest absolute Gasteiger partial charge is 0.480 e.